The monoisotopic (exact) mass is 408 g/mol. The molecule has 0 radical (unpaired) electrons. The molecule has 0 aromatic heterocycles. The van der Waals surface area contributed by atoms with Gasteiger partial charge in [-0.15, -0.1) is 0 Å². The lowest BCUT2D eigenvalue weighted by Gasteiger charge is -2.17. The largest absolute Gasteiger partial charge is 0.273 e. The molecule has 7 nitrogen and oxygen atoms in total. The summed E-state index contributed by atoms with van der Waals surface area (Å²) < 4.78 is 52.7. The van der Waals surface area contributed by atoms with Gasteiger partial charge >= 0.3 is 0 Å². The minimum Gasteiger partial charge on any atom is -0.273 e. The van der Waals surface area contributed by atoms with Gasteiger partial charge in [-0.25, -0.2) is 25.9 Å². The summed E-state index contributed by atoms with van der Waals surface area (Å²) in [4.78, 5) is 12.4. The Bertz CT molecular complexity index is 1060. The molecule has 2 aromatic rings. The van der Waals surface area contributed by atoms with Crippen LogP contribution in [0.25, 0.3) is 0 Å². The van der Waals surface area contributed by atoms with Gasteiger partial charge in [0, 0.05) is 6.54 Å². The highest BCUT2D eigenvalue weighted by Gasteiger charge is 2.49. The van der Waals surface area contributed by atoms with Gasteiger partial charge in [0.2, 0.25) is 26.0 Å². The highest BCUT2D eigenvalue weighted by atomic mass is 32.2. The van der Waals surface area contributed by atoms with E-state index >= 15 is 0 Å². The molecule has 0 spiro atoms. The van der Waals surface area contributed by atoms with Gasteiger partial charge in [-0.2, -0.15) is 0 Å². The molecule has 1 aliphatic rings. The molecule has 1 saturated heterocycles. The van der Waals surface area contributed by atoms with E-state index in [1.165, 1.54) is 24.3 Å². The Kier molecular flexibility index (Phi) is 4.87. The van der Waals surface area contributed by atoms with Crippen molar-refractivity contribution in [2.24, 2.45) is 5.41 Å². The van der Waals surface area contributed by atoms with Crippen molar-refractivity contribution in [3.05, 3.63) is 60.2 Å². The Morgan fingerprint density at radius 1 is 1.04 bits per heavy atom. The number of sulfonamides is 2. The second-order valence-electron chi connectivity index (χ2n) is 7.01. The summed E-state index contributed by atoms with van der Waals surface area (Å²) in [7, 11) is -7.54. The van der Waals surface area contributed by atoms with Crippen LogP contribution in [-0.4, -0.2) is 28.5 Å². The van der Waals surface area contributed by atoms with Crippen molar-refractivity contribution in [2.75, 3.05) is 10.1 Å². The number of amides is 1. The zero-order valence-corrected chi connectivity index (χ0v) is 16.5. The van der Waals surface area contributed by atoms with Crippen LogP contribution in [0, 0.1) is 5.41 Å². The van der Waals surface area contributed by atoms with Crippen molar-refractivity contribution in [2.45, 2.75) is 25.3 Å². The predicted molar refractivity (Wildman–Crippen MR) is 102 cm³/mol. The summed E-state index contributed by atoms with van der Waals surface area (Å²) in [5, 5.41) is 0. The van der Waals surface area contributed by atoms with Crippen LogP contribution in [0.2, 0.25) is 0 Å². The Hall–Kier alpha value is -2.23. The summed E-state index contributed by atoms with van der Waals surface area (Å²) in [5.41, 5.74) is -0.0675. The number of hydrogen-bond acceptors (Lipinski definition) is 5. The van der Waals surface area contributed by atoms with E-state index in [1.54, 1.807) is 26.0 Å². The average molecular weight is 409 g/mol. The fourth-order valence-corrected chi connectivity index (χ4v) is 6.00. The fraction of sp³-hybridized carbons (Fsp3) is 0.278. The molecular weight excluding hydrogens is 388 g/mol. The van der Waals surface area contributed by atoms with Crippen LogP contribution in [-0.2, 0) is 31.4 Å². The maximum Gasteiger partial charge on any atom is 0.247 e. The van der Waals surface area contributed by atoms with Crippen LogP contribution in [0.4, 0.5) is 5.69 Å². The van der Waals surface area contributed by atoms with E-state index in [4.69, 9.17) is 0 Å². The molecule has 1 fully saturated rings. The zero-order chi connectivity index (χ0) is 19.9. The second-order valence-corrected chi connectivity index (χ2v) is 10.6. The molecule has 0 unspecified atom stereocenters. The lowest BCUT2D eigenvalue weighted by Crippen LogP contribution is -2.33. The third-order valence-corrected chi connectivity index (χ3v) is 7.71. The molecule has 0 saturated carbocycles. The van der Waals surface area contributed by atoms with Gasteiger partial charge in [-0.05, 0) is 43.7 Å². The standard InChI is InChI=1S/C18H20N2O5S2/c1-18(2)13-26(22,23)20(17(18)21)15-8-10-16(11-9-15)27(24,25)19-12-14-6-4-3-5-7-14/h3-11,19H,12-13H2,1-2H3. The molecular formula is C18H20N2O5S2. The molecule has 2 aromatic carbocycles. The first-order valence-electron chi connectivity index (χ1n) is 8.24. The smallest absolute Gasteiger partial charge is 0.247 e. The zero-order valence-electron chi connectivity index (χ0n) is 14.9. The summed E-state index contributed by atoms with van der Waals surface area (Å²) in [6, 6.07) is 14.3. The number of rotatable bonds is 5. The van der Waals surface area contributed by atoms with Crippen LogP contribution in [0.1, 0.15) is 19.4 Å². The number of anilines is 1. The molecule has 1 aliphatic heterocycles. The van der Waals surface area contributed by atoms with Gasteiger partial charge < -0.3 is 0 Å². The topological polar surface area (TPSA) is 101 Å². The average Bonchev–Trinajstić information content (AvgIpc) is 2.77. The molecule has 9 heteroatoms. The fourth-order valence-electron chi connectivity index (χ4n) is 2.88. The van der Waals surface area contributed by atoms with Crippen molar-refractivity contribution in [3.8, 4) is 0 Å². The summed E-state index contributed by atoms with van der Waals surface area (Å²) >= 11 is 0. The van der Waals surface area contributed by atoms with Gasteiger partial charge in [0.05, 0.1) is 21.8 Å². The highest BCUT2D eigenvalue weighted by Crippen LogP contribution is 2.35. The van der Waals surface area contributed by atoms with E-state index in [9.17, 15) is 21.6 Å². The van der Waals surface area contributed by atoms with Crippen molar-refractivity contribution in [3.63, 3.8) is 0 Å². The van der Waals surface area contributed by atoms with Crippen molar-refractivity contribution >= 4 is 31.6 Å². The molecule has 1 amide bonds. The van der Waals surface area contributed by atoms with E-state index in [0.717, 1.165) is 9.87 Å². The van der Waals surface area contributed by atoms with Crippen molar-refractivity contribution in [1.82, 2.24) is 4.72 Å². The summed E-state index contributed by atoms with van der Waals surface area (Å²) in [6.07, 6.45) is 0. The van der Waals surface area contributed by atoms with E-state index in [-0.39, 0.29) is 22.9 Å². The molecule has 0 bridgehead atoms. The Morgan fingerprint density at radius 2 is 1.63 bits per heavy atom. The van der Waals surface area contributed by atoms with Crippen LogP contribution < -0.4 is 9.03 Å². The third kappa shape index (κ3) is 3.90. The molecule has 3 rings (SSSR count). The van der Waals surface area contributed by atoms with E-state index in [1.807, 2.05) is 18.2 Å². The van der Waals surface area contributed by atoms with Crippen LogP contribution in [0.15, 0.2) is 59.5 Å². The van der Waals surface area contributed by atoms with Crippen molar-refractivity contribution in [1.29, 1.82) is 0 Å². The second kappa shape index (κ2) is 6.74. The normalized spacial score (nSPS) is 18.6. The van der Waals surface area contributed by atoms with Gasteiger partial charge in [0.25, 0.3) is 0 Å². The maximum absolute atomic E-state index is 12.4. The molecule has 144 valence electrons. The minimum absolute atomic E-state index is 0.00881. The number of benzene rings is 2. The number of carbonyl (C=O) groups excluding carboxylic acids is 1. The van der Waals surface area contributed by atoms with E-state index in [2.05, 4.69) is 4.72 Å². The van der Waals surface area contributed by atoms with Crippen LogP contribution in [0.5, 0.6) is 0 Å². The number of carbonyl (C=O) groups is 1. The number of nitrogens with one attached hydrogen (secondary N) is 1. The Labute approximate surface area is 159 Å². The maximum atomic E-state index is 12.4. The van der Waals surface area contributed by atoms with Gasteiger partial charge in [-0.3, -0.25) is 4.79 Å². The molecule has 0 aliphatic carbocycles. The van der Waals surface area contributed by atoms with Gasteiger partial charge in [0.15, 0.2) is 0 Å². The van der Waals surface area contributed by atoms with Gasteiger partial charge in [-0.1, -0.05) is 30.3 Å². The summed E-state index contributed by atoms with van der Waals surface area (Å²) in [5.74, 6) is -0.808. The van der Waals surface area contributed by atoms with E-state index in [0.29, 0.717) is 0 Å². The quantitative estimate of drug-likeness (QED) is 0.814. The molecule has 1 heterocycles. The highest BCUT2D eigenvalue weighted by molar-refractivity contribution is 7.94. The SMILES string of the molecule is CC1(C)CS(=O)(=O)N(c2ccc(S(=O)(=O)NCc3ccccc3)cc2)C1=O. The van der Waals surface area contributed by atoms with Crippen molar-refractivity contribution < 1.29 is 21.6 Å². The first-order chi connectivity index (χ1) is 12.5. The number of nitrogens with zero attached hydrogens (tertiary/aromatic N) is 1. The molecule has 27 heavy (non-hydrogen) atoms. The van der Waals surface area contributed by atoms with Crippen LogP contribution in [0.3, 0.4) is 0 Å². The van der Waals surface area contributed by atoms with Gasteiger partial charge in [0.1, 0.15) is 0 Å². The lowest BCUT2D eigenvalue weighted by molar-refractivity contribution is -0.123. The number of hydrogen-bond donors (Lipinski definition) is 1. The van der Waals surface area contributed by atoms with Crippen LogP contribution >= 0.6 is 0 Å². The minimum atomic E-state index is -3.77. The Balaban J connectivity index is 1.82. The predicted octanol–water partition coefficient (Wildman–Crippen LogP) is 1.87. The first-order valence-corrected chi connectivity index (χ1v) is 11.3. The van der Waals surface area contributed by atoms with E-state index < -0.39 is 31.4 Å². The lowest BCUT2D eigenvalue weighted by atomic mass is 9.95. The molecule has 1 N–H and O–H groups in total. The molecule has 0 atom stereocenters. The summed E-state index contributed by atoms with van der Waals surface area (Å²) in [6.45, 7) is 3.27. The Morgan fingerprint density at radius 3 is 2.15 bits per heavy atom. The third-order valence-electron chi connectivity index (χ3n) is 4.28. The first kappa shape index (κ1) is 19.5.